The van der Waals surface area contributed by atoms with Crippen molar-refractivity contribution in [1.82, 2.24) is 0 Å². The number of hydrogen-bond donors (Lipinski definition) is 1. The standard InChI is InChI=1S/C13H14F5N/c14-10-6-5-8(7-11(10)15)19-12-4-2-1-3-9(12)13(16,17)18/h5-7,9,12,19H,1-4H2. The Morgan fingerprint density at radius 1 is 1.00 bits per heavy atom. The van der Waals surface area contributed by atoms with Gasteiger partial charge in [0.1, 0.15) is 0 Å². The fourth-order valence-corrected chi connectivity index (χ4v) is 2.50. The molecule has 0 saturated heterocycles. The summed E-state index contributed by atoms with van der Waals surface area (Å²) in [5.74, 6) is -3.51. The average molecular weight is 279 g/mol. The quantitative estimate of drug-likeness (QED) is 0.786. The first kappa shape index (κ1) is 14.1. The molecule has 106 valence electrons. The Morgan fingerprint density at radius 3 is 2.32 bits per heavy atom. The molecule has 1 aliphatic rings. The highest BCUT2D eigenvalue weighted by atomic mass is 19.4. The van der Waals surface area contributed by atoms with Gasteiger partial charge in [-0.2, -0.15) is 13.2 Å². The fraction of sp³-hybridized carbons (Fsp3) is 0.538. The molecule has 0 amide bonds. The van der Waals surface area contributed by atoms with E-state index in [2.05, 4.69) is 5.32 Å². The van der Waals surface area contributed by atoms with E-state index >= 15 is 0 Å². The number of halogens is 5. The molecule has 6 heteroatoms. The highest BCUT2D eigenvalue weighted by Crippen LogP contribution is 2.39. The maximum atomic E-state index is 13.0. The summed E-state index contributed by atoms with van der Waals surface area (Å²) < 4.78 is 64.4. The Morgan fingerprint density at radius 2 is 1.68 bits per heavy atom. The average Bonchev–Trinajstić information content (AvgIpc) is 2.33. The number of nitrogens with one attached hydrogen (secondary N) is 1. The Balaban J connectivity index is 2.13. The van der Waals surface area contributed by atoms with Crippen LogP contribution in [0.25, 0.3) is 0 Å². The third kappa shape index (κ3) is 3.36. The first-order valence-electron chi connectivity index (χ1n) is 6.16. The van der Waals surface area contributed by atoms with Crippen molar-refractivity contribution in [3.63, 3.8) is 0 Å². The largest absolute Gasteiger partial charge is 0.393 e. The summed E-state index contributed by atoms with van der Waals surface area (Å²) in [5, 5.41) is 2.68. The number of hydrogen-bond acceptors (Lipinski definition) is 1. The molecule has 1 aromatic rings. The Bertz CT molecular complexity index is 443. The van der Waals surface area contributed by atoms with Crippen LogP contribution in [0.1, 0.15) is 25.7 Å². The van der Waals surface area contributed by atoms with Crippen molar-refractivity contribution < 1.29 is 22.0 Å². The zero-order valence-electron chi connectivity index (χ0n) is 10.1. The minimum absolute atomic E-state index is 0.0742. The van der Waals surface area contributed by atoms with Crippen molar-refractivity contribution in [2.24, 2.45) is 5.92 Å². The van der Waals surface area contributed by atoms with Gasteiger partial charge in [0.2, 0.25) is 0 Å². The first-order chi connectivity index (χ1) is 8.88. The molecule has 2 rings (SSSR count). The van der Waals surface area contributed by atoms with E-state index in [1.54, 1.807) is 0 Å². The van der Waals surface area contributed by atoms with Crippen molar-refractivity contribution in [3.05, 3.63) is 29.8 Å². The SMILES string of the molecule is Fc1ccc(NC2CCCCC2C(F)(F)F)cc1F. The molecule has 2 atom stereocenters. The smallest absolute Gasteiger partial charge is 0.382 e. The van der Waals surface area contributed by atoms with Crippen LogP contribution in [0.2, 0.25) is 0 Å². The van der Waals surface area contributed by atoms with Crippen molar-refractivity contribution in [2.75, 3.05) is 5.32 Å². The molecule has 0 bridgehead atoms. The lowest BCUT2D eigenvalue weighted by Gasteiger charge is -2.34. The monoisotopic (exact) mass is 279 g/mol. The van der Waals surface area contributed by atoms with Gasteiger partial charge in [-0.25, -0.2) is 8.78 Å². The van der Waals surface area contributed by atoms with Gasteiger partial charge in [-0.15, -0.1) is 0 Å². The maximum Gasteiger partial charge on any atom is 0.393 e. The number of benzene rings is 1. The van der Waals surface area contributed by atoms with Crippen molar-refractivity contribution >= 4 is 5.69 Å². The van der Waals surface area contributed by atoms with Crippen LogP contribution < -0.4 is 5.32 Å². The Hall–Kier alpha value is -1.33. The fourth-order valence-electron chi connectivity index (χ4n) is 2.50. The molecule has 1 fully saturated rings. The van der Waals surface area contributed by atoms with E-state index in [1.165, 1.54) is 6.07 Å². The normalized spacial score (nSPS) is 24.3. The molecule has 0 aliphatic heterocycles. The van der Waals surface area contributed by atoms with Crippen LogP contribution in [0.3, 0.4) is 0 Å². The van der Waals surface area contributed by atoms with Gasteiger partial charge in [0.25, 0.3) is 0 Å². The van der Waals surface area contributed by atoms with Crippen LogP contribution in [-0.4, -0.2) is 12.2 Å². The van der Waals surface area contributed by atoms with E-state index in [4.69, 9.17) is 0 Å². The van der Waals surface area contributed by atoms with Gasteiger partial charge < -0.3 is 5.32 Å². The molecule has 1 nitrogen and oxygen atoms in total. The van der Waals surface area contributed by atoms with Gasteiger partial charge in [-0.3, -0.25) is 0 Å². The lowest BCUT2D eigenvalue weighted by atomic mass is 9.84. The van der Waals surface area contributed by atoms with Gasteiger partial charge >= 0.3 is 6.18 Å². The third-order valence-corrected chi connectivity index (χ3v) is 3.46. The molecule has 1 aliphatic carbocycles. The summed E-state index contributed by atoms with van der Waals surface area (Å²) in [7, 11) is 0. The van der Waals surface area contributed by atoms with Crippen LogP contribution >= 0.6 is 0 Å². The maximum absolute atomic E-state index is 13.0. The number of rotatable bonds is 2. The van der Waals surface area contributed by atoms with Gasteiger partial charge in [-0.05, 0) is 25.0 Å². The molecule has 19 heavy (non-hydrogen) atoms. The van der Waals surface area contributed by atoms with Gasteiger partial charge in [-0.1, -0.05) is 12.8 Å². The third-order valence-electron chi connectivity index (χ3n) is 3.46. The Kier molecular flexibility index (Phi) is 3.96. The molecule has 2 unspecified atom stereocenters. The lowest BCUT2D eigenvalue weighted by Crippen LogP contribution is -2.41. The van der Waals surface area contributed by atoms with Crippen LogP contribution in [-0.2, 0) is 0 Å². The highest BCUT2D eigenvalue weighted by Gasteiger charge is 2.45. The second-order valence-electron chi connectivity index (χ2n) is 4.81. The topological polar surface area (TPSA) is 12.0 Å². The van der Waals surface area contributed by atoms with Gasteiger partial charge in [0.15, 0.2) is 11.6 Å². The van der Waals surface area contributed by atoms with E-state index in [9.17, 15) is 22.0 Å². The zero-order valence-corrected chi connectivity index (χ0v) is 10.1. The summed E-state index contributed by atoms with van der Waals surface area (Å²) in [4.78, 5) is 0. The van der Waals surface area contributed by atoms with Gasteiger partial charge in [0.05, 0.1) is 5.92 Å². The molecule has 0 radical (unpaired) electrons. The molecule has 1 N–H and O–H groups in total. The predicted octanol–water partition coefficient (Wildman–Crippen LogP) is 4.50. The van der Waals surface area contributed by atoms with Crippen LogP contribution in [0, 0.1) is 17.6 Å². The van der Waals surface area contributed by atoms with E-state index in [1.807, 2.05) is 0 Å². The summed E-state index contributed by atoms with van der Waals surface area (Å²) >= 11 is 0. The van der Waals surface area contributed by atoms with Crippen LogP contribution in [0.5, 0.6) is 0 Å². The number of anilines is 1. The van der Waals surface area contributed by atoms with Crippen molar-refractivity contribution in [1.29, 1.82) is 0 Å². The van der Waals surface area contributed by atoms with Crippen molar-refractivity contribution in [2.45, 2.75) is 37.9 Å². The minimum atomic E-state index is -4.27. The molecular formula is C13H14F5N. The summed E-state index contributed by atoms with van der Waals surface area (Å²) in [6, 6.07) is 2.26. The van der Waals surface area contributed by atoms with E-state index < -0.39 is 29.8 Å². The van der Waals surface area contributed by atoms with E-state index in [0.29, 0.717) is 19.3 Å². The van der Waals surface area contributed by atoms with Crippen molar-refractivity contribution in [3.8, 4) is 0 Å². The minimum Gasteiger partial charge on any atom is -0.382 e. The molecular weight excluding hydrogens is 265 g/mol. The molecule has 1 aromatic carbocycles. The number of alkyl halides is 3. The van der Waals surface area contributed by atoms with E-state index in [-0.39, 0.29) is 12.1 Å². The molecule has 0 aromatic heterocycles. The Labute approximate surface area is 107 Å². The molecule has 1 saturated carbocycles. The van der Waals surface area contributed by atoms with Gasteiger partial charge in [0, 0.05) is 17.8 Å². The second-order valence-corrected chi connectivity index (χ2v) is 4.81. The summed E-state index contributed by atoms with van der Waals surface area (Å²) in [5.41, 5.74) is 0.181. The molecule has 0 heterocycles. The van der Waals surface area contributed by atoms with Crippen LogP contribution in [0.15, 0.2) is 18.2 Å². The summed E-state index contributed by atoms with van der Waals surface area (Å²) in [6.07, 6.45) is -2.57. The highest BCUT2D eigenvalue weighted by molar-refractivity contribution is 5.44. The first-order valence-corrected chi connectivity index (χ1v) is 6.16. The lowest BCUT2D eigenvalue weighted by molar-refractivity contribution is -0.184. The van der Waals surface area contributed by atoms with E-state index in [0.717, 1.165) is 12.1 Å². The predicted molar refractivity (Wildman–Crippen MR) is 61.8 cm³/mol. The molecule has 0 spiro atoms. The van der Waals surface area contributed by atoms with Crippen LogP contribution in [0.4, 0.5) is 27.6 Å². The summed E-state index contributed by atoms with van der Waals surface area (Å²) in [6.45, 7) is 0. The zero-order chi connectivity index (χ0) is 14.0. The second kappa shape index (κ2) is 5.35.